The molecule has 0 radical (unpaired) electrons. The molecule has 0 aliphatic carbocycles. The first-order valence-corrected chi connectivity index (χ1v) is 6.61. The van der Waals surface area contributed by atoms with Crippen molar-refractivity contribution in [1.29, 1.82) is 0 Å². The zero-order valence-electron chi connectivity index (χ0n) is 11.6. The predicted octanol–water partition coefficient (Wildman–Crippen LogP) is 0.922. The molecule has 2 rings (SSSR count). The number of carbonyl (C=O) groups is 1. The van der Waals surface area contributed by atoms with Crippen LogP contribution in [0.3, 0.4) is 0 Å². The first-order valence-electron chi connectivity index (χ1n) is 6.61. The van der Waals surface area contributed by atoms with Crippen LogP contribution >= 0.6 is 0 Å². The van der Waals surface area contributed by atoms with Gasteiger partial charge in [-0.15, -0.1) is 0 Å². The summed E-state index contributed by atoms with van der Waals surface area (Å²) in [5.41, 5.74) is 0.640. The van der Waals surface area contributed by atoms with Crippen molar-refractivity contribution in [1.82, 2.24) is 15.2 Å². The number of aromatic nitrogens is 1. The zero-order valence-corrected chi connectivity index (χ0v) is 11.6. The average molecular weight is 263 g/mol. The number of amides is 1. The fourth-order valence-corrected chi connectivity index (χ4v) is 2.21. The highest BCUT2D eigenvalue weighted by Crippen LogP contribution is 2.17. The first kappa shape index (κ1) is 14.0. The highest BCUT2D eigenvalue weighted by molar-refractivity contribution is 5.93. The SMILES string of the molecule is CC1(C)COCCN1CCNC(=O)c1cccnc1. The van der Waals surface area contributed by atoms with Crippen LogP contribution in [0.25, 0.3) is 0 Å². The summed E-state index contributed by atoms with van der Waals surface area (Å²) >= 11 is 0. The van der Waals surface area contributed by atoms with Crippen molar-refractivity contribution in [3.05, 3.63) is 30.1 Å². The topological polar surface area (TPSA) is 54.5 Å². The molecule has 5 heteroatoms. The second-order valence-corrected chi connectivity index (χ2v) is 5.35. The second-order valence-electron chi connectivity index (χ2n) is 5.35. The van der Waals surface area contributed by atoms with Gasteiger partial charge in [0.15, 0.2) is 0 Å². The Morgan fingerprint density at radius 1 is 1.58 bits per heavy atom. The van der Waals surface area contributed by atoms with E-state index in [-0.39, 0.29) is 11.4 Å². The quantitative estimate of drug-likeness (QED) is 0.878. The maximum absolute atomic E-state index is 11.9. The Bertz CT molecular complexity index is 420. The van der Waals surface area contributed by atoms with Crippen molar-refractivity contribution in [3.8, 4) is 0 Å². The van der Waals surface area contributed by atoms with Gasteiger partial charge in [0.1, 0.15) is 0 Å². The van der Waals surface area contributed by atoms with Crippen LogP contribution in [0.5, 0.6) is 0 Å². The maximum atomic E-state index is 11.9. The highest BCUT2D eigenvalue weighted by Gasteiger charge is 2.29. The monoisotopic (exact) mass is 263 g/mol. The summed E-state index contributed by atoms with van der Waals surface area (Å²) in [5.74, 6) is -0.0702. The van der Waals surface area contributed by atoms with Crippen molar-refractivity contribution >= 4 is 5.91 Å². The number of hydrogen-bond donors (Lipinski definition) is 1. The molecule has 1 aromatic heterocycles. The highest BCUT2D eigenvalue weighted by atomic mass is 16.5. The minimum atomic E-state index is -0.0702. The molecule has 5 nitrogen and oxygen atoms in total. The third kappa shape index (κ3) is 3.75. The number of carbonyl (C=O) groups excluding carboxylic acids is 1. The summed E-state index contributed by atoms with van der Waals surface area (Å²) in [6.07, 6.45) is 3.24. The molecule has 1 aromatic rings. The first-order chi connectivity index (χ1) is 9.09. The van der Waals surface area contributed by atoms with Crippen molar-refractivity contribution in [2.75, 3.05) is 32.8 Å². The van der Waals surface area contributed by atoms with E-state index in [1.165, 1.54) is 0 Å². The lowest BCUT2D eigenvalue weighted by Gasteiger charge is -2.42. The van der Waals surface area contributed by atoms with Crippen molar-refractivity contribution < 1.29 is 9.53 Å². The Kier molecular flexibility index (Phi) is 4.50. The van der Waals surface area contributed by atoms with Gasteiger partial charge >= 0.3 is 0 Å². The van der Waals surface area contributed by atoms with Crippen LogP contribution in [0, 0.1) is 0 Å². The van der Waals surface area contributed by atoms with E-state index in [2.05, 4.69) is 29.0 Å². The summed E-state index contributed by atoms with van der Waals surface area (Å²) in [7, 11) is 0. The van der Waals surface area contributed by atoms with Crippen LogP contribution in [0.2, 0.25) is 0 Å². The van der Waals surface area contributed by atoms with Crippen molar-refractivity contribution in [2.45, 2.75) is 19.4 Å². The Hall–Kier alpha value is -1.46. The van der Waals surface area contributed by atoms with Crippen LogP contribution < -0.4 is 5.32 Å². The van der Waals surface area contributed by atoms with Crippen molar-refractivity contribution in [3.63, 3.8) is 0 Å². The molecule has 1 amide bonds. The van der Waals surface area contributed by atoms with Crippen LogP contribution in [0.4, 0.5) is 0 Å². The fourth-order valence-electron chi connectivity index (χ4n) is 2.21. The molecule has 1 aliphatic rings. The minimum absolute atomic E-state index is 0.0390. The number of hydrogen-bond acceptors (Lipinski definition) is 4. The zero-order chi connectivity index (χ0) is 13.7. The van der Waals surface area contributed by atoms with Crippen molar-refractivity contribution in [2.24, 2.45) is 0 Å². The molecule has 1 N–H and O–H groups in total. The minimum Gasteiger partial charge on any atom is -0.378 e. The van der Waals surface area contributed by atoms with E-state index in [4.69, 9.17) is 4.74 Å². The van der Waals surface area contributed by atoms with E-state index in [0.29, 0.717) is 12.1 Å². The normalized spacial score (nSPS) is 19.1. The van der Waals surface area contributed by atoms with Gasteiger partial charge in [0.25, 0.3) is 5.91 Å². The molecule has 0 saturated carbocycles. The number of ether oxygens (including phenoxy) is 1. The lowest BCUT2D eigenvalue weighted by atomic mass is 10.0. The number of nitrogens with zero attached hydrogens (tertiary/aromatic N) is 2. The van der Waals surface area contributed by atoms with Gasteiger partial charge in [0.05, 0.1) is 18.8 Å². The predicted molar refractivity (Wildman–Crippen MR) is 73.0 cm³/mol. The molecule has 1 saturated heterocycles. The van der Waals surface area contributed by atoms with Crippen LogP contribution in [-0.2, 0) is 4.74 Å². The molecule has 0 unspecified atom stereocenters. The molecule has 0 atom stereocenters. The molecule has 1 fully saturated rings. The Morgan fingerprint density at radius 3 is 3.11 bits per heavy atom. The van der Waals surface area contributed by atoms with E-state index < -0.39 is 0 Å². The van der Waals surface area contributed by atoms with E-state index in [1.54, 1.807) is 24.5 Å². The molecule has 0 spiro atoms. The van der Waals surface area contributed by atoms with Gasteiger partial charge in [0, 0.05) is 37.6 Å². The fraction of sp³-hybridized carbons (Fsp3) is 0.571. The van der Waals surface area contributed by atoms with E-state index in [1.807, 2.05) is 0 Å². The number of nitrogens with one attached hydrogen (secondary N) is 1. The number of pyridine rings is 1. The molecule has 19 heavy (non-hydrogen) atoms. The van der Waals surface area contributed by atoms with Gasteiger partial charge < -0.3 is 10.1 Å². The van der Waals surface area contributed by atoms with Crippen LogP contribution in [0.15, 0.2) is 24.5 Å². The van der Waals surface area contributed by atoms with Gasteiger partial charge in [-0.2, -0.15) is 0 Å². The molecule has 0 bridgehead atoms. The van der Waals surface area contributed by atoms with Gasteiger partial charge in [-0.25, -0.2) is 0 Å². The van der Waals surface area contributed by atoms with E-state index >= 15 is 0 Å². The Labute approximate surface area is 114 Å². The van der Waals surface area contributed by atoms with Gasteiger partial charge in [-0.3, -0.25) is 14.7 Å². The van der Waals surface area contributed by atoms with Crippen LogP contribution in [-0.4, -0.2) is 54.2 Å². The Balaban J connectivity index is 1.79. The third-order valence-corrected chi connectivity index (χ3v) is 3.41. The number of rotatable bonds is 4. The molecular weight excluding hydrogens is 242 g/mol. The summed E-state index contributed by atoms with van der Waals surface area (Å²) < 4.78 is 5.47. The smallest absolute Gasteiger partial charge is 0.252 e. The lowest BCUT2D eigenvalue weighted by molar-refractivity contribution is -0.0498. The standard InChI is InChI=1S/C14H21N3O2/c1-14(2)11-19-9-8-17(14)7-6-16-13(18)12-4-3-5-15-10-12/h3-5,10H,6-9,11H2,1-2H3,(H,16,18). The maximum Gasteiger partial charge on any atom is 0.252 e. The molecule has 0 aromatic carbocycles. The third-order valence-electron chi connectivity index (χ3n) is 3.41. The Morgan fingerprint density at radius 2 is 2.42 bits per heavy atom. The summed E-state index contributed by atoms with van der Waals surface area (Å²) in [6.45, 7) is 8.21. The largest absolute Gasteiger partial charge is 0.378 e. The van der Waals surface area contributed by atoms with E-state index in [0.717, 1.165) is 26.3 Å². The van der Waals surface area contributed by atoms with Gasteiger partial charge in [-0.1, -0.05) is 0 Å². The summed E-state index contributed by atoms with van der Waals surface area (Å²) in [5, 5.41) is 2.92. The average Bonchev–Trinajstić information content (AvgIpc) is 2.41. The van der Waals surface area contributed by atoms with Crippen LogP contribution in [0.1, 0.15) is 24.2 Å². The summed E-state index contributed by atoms with van der Waals surface area (Å²) in [4.78, 5) is 18.1. The molecular formula is C14H21N3O2. The molecule has 2 heterocycles. The lowest BCUT2D eigenvalue weighted by Crippen LogP contribution is -2.54. The molecule has 104 valence electrons. The number of morpholine rings is 1. The second kappa shape index (κ2) is 6.12. The van der Waals surface area contributed by atoms with E-state index in [9.17, 15) is 4.79 Å². The van der Waals surface area contributed by atoms with Gasteiger partial charge in [0.2, 0.25) is 0 Å². The molecule has 1 aliphatic heterocycles. The van der Waals surface area contributed by atoms with Gasteiger partial charge in [-0.05, 0) is 26.0 Å². The summed E-state index contributed by atoms with van der Waals surface area (Å²) in [6, 6.07) is 3.53.